The Labute approximate surface area is 195 Å². The molecule has 8 heteroatoms. The lowest BCUT2D eigenvalue weighted by molar-refractivity contribution is -0.140. The maximum absolute atomic E-state index is 12.9. The Bertz CT molecular complexity index is 1130. The zero-order valence-corrected chi connectivity index (χ0v) is 18.7. The largest absolute Gasteiger partial charge is 0.493 e. The number of carbonyl (C=O) groups excluding carboxylic acids is 2. The fourth-order valence-electron chi connectivity index (χ4n) is 4.86. The van der Waals surface area contributed by atoms with E-state index in [1.807, 2.05) is 0 Å². The van der Waals surface area contributed by atoms with Crippen molar-refractivity contribution in [1.82, 2.24) is 5.01 Å². The second-order valence-electron chi connectivity index (χ2n) is 8.14. The Hall–Kier alpha value is -2.83. The molecule has 3 aliphatic rings. The van der Waals surface area contributed by atoms with Gasteiger partial charge >= 0.3 is 0 Å². The molecule has 1 saturated heterocycles. The van der Waals surface area contributed by atoms with Crippen LogP contribution in [0.3, 0.4) is 0 Å². The van der Waals surface area contributed by atoms with Gasteiger partial charge in [0.25, 0.3) is 11.8 Å². The highest BCUT2D eigenvalue weighted by Gasteiger charge is 2.59. The standard InChI is InChI=1S/C24H20Cl2N2O4/c1-31-19-4-2-3-15(22(19)32-12-16-7-8-17(25)10-18(16)26)11-27-28-23(29)20-13-5-6-14(9-13)21(20)24(28)30/h2-8,10-11,13-14,20-21H,9,12H2,1H3/t13-,14-,20-,21+/m0/s1. The molecule has 2 aromatic rings. The number of amides is 2. The van der Waals surface area contributed by atoms with Gasteiger partial charge in [-0.3, -0.25) is 9.59 Å². The number of imide groups is 1. The van der Waals surface area contributed by atoms with E-state index in [0.717, 1.165) is 17.0 Å². The van der Waals surface area contributed by atoms with Crippen LogP contribution in [0.4, 0.5) is 0 Å². The van der Waals surface area contributed by atoms with E-state index >= 15 is 0 Å². The van der Waals surface area contributed by atoms with Crippen LogP contribution in [0.2, 0.25) is 10.0 Å². The van der Waals surface area contributed by atoms with Crippen molar-refractivity contribution in [1.29, 1.82) is 0 Å². The third-order valence-corrected chi connectivity index (χ3v) is 6.96. The molecular formula is C24H20Cl2N2O4. The number of para-hydroxylation sites is 1. The predicted molar refractivity (Wildman–Crippen MR) is 121 cm³/mol. The molecule has 164 valence electrons. The van der Waals surface area contributed by atoms with Crippen LogP contribution < -0.4 is 9.47 Å². The number of methoxy groups -OCH3 is 1. The van der Waals surface area contributed by atoms with Gasteiger partial charge in [-0.05, 0) is 42.5 Å². The van der Waals surface area contributed by atoms with Crippen LogP contribution in [0.15, 0.2) is 53.7 Å². The Balaban J connectivity index is 1.39. The zero-order chi connectivity index (χ0) is 22.4. The second kappa shape index (κ2) is 8.26. The molecule has 1 aliphatic heterocycles. The number of carbonyl (C=O) groups is 2. The fraction of sp³-hybridized carbons (Fsp3) is 0.292. The highest BCUT2D eigenvalue weighted by Crippen LogP contribution is 2.52. The fourth-order valence-corrected chi connectivity index (χ4v) is 5.32. The van der Waals surface area contributed by atoms with Crippen molar-refractivity contribution in [2.24, 2.45) is 28.8 Å². The van der Waals surface area contributed by atoms with Gasteiger partial charge < -0.3 is 9.47 Å². The Morgan fingerprint density at radius 1 is 1.09 bits per heavy atom. The van der Waals surface area contributed by atoms with Crippen molar-refractivity contribution < 1.29 is 19.1 Å². The van der Waals surface area contributed by atoms with Crippen molar-refractivity contribution in [3.05, 3.63) is 69.7 Å². The van der Waals surface area contributed by atoms with Crippen LogP contribution in [0.5, 0.6) is 11.5 Å². The van der Waals surface area contributed by atoms with Crippen molar-refractivity contribution in [2.75, 3.05) is 7.11 Å². The minimum absolute atomic E-state index is 0.140. The van der Waals surface area contributed by atoms with E-state index in [1.165, 1.54) is 13.3 Å². The second-order valence-corrected chi connectivity index (χ2v) is 8.98. The molecule has 0 unspecified atom stereocenters. The van der Waals surface area contributed by atoms with E-state index in [0.29, 0.717) is 27.1 Å². The number of halogens is 2. The summed E-state index contributed by atoms with van der Waals surface area (Å²) in [5.74, 6) is 0.175. The summed E-state index contributed by atoms with van der Waals surface area (Å²) >= 11 is 12.2. The molecule has 2 amide bonds. The molecule has 1 heterocycles. The lowest BCUT2D eigenvalue weighted by Gasteiger charge is -2.15. The normalized spacial score (nSPS) is 25.8. The van der Waals surface area contributed by atoms with Crippen LogP contribution in [0, 0.1) is 23.7 Å². The first kappa shape index (κ1) is 21.0. The van der Waals surface area contributed by atoms with Gasteiger partial charge in [-0.15, -0.1) is 0 Å². The van der Waals surface area contributed by atoms with Crippen LogP contribution in [0.25, 0.3) is 0 Å². The molecule has 32 heavy (non-hydrogen) atoms. The monoisotopic (exact) mass is 470 g/mol. The minimum atomic E-state index is -0.289. The molecule has 2 aromatic carbocycles. The number of rotatable bonds is 6. The van der Waals surface area contributed by atoms with E-state index in [1.54, 1.807) is 36.4 Å². The summed E-state index contributed by atoms with van der Waals surface area (Å²) in [7, 11) is 1.54. The summed E-state index contributed by atoms with van der Waals surface area (Å²) in [6.07, 6.45) is 6.46. The van der Waals surface area contributed by atoms with Gasteiger partial charge in [0, 0.05) is 21.2 Å². The maximum Gasteiger partial charge on any atom is 0.254 e. The number of fused-ring (bicyclic) bond motifs is 5. The van der Waals surface area contributed by atoms with E-state index in [2.05, 4.69) is 17.3 Å². The molecule has 4 atom stereocenters. The summed E-state index contributed by atoms with van der Waals surface area (Å²) in [6.45, 7) is 0.179. The van der Waals surface area contributed by atoms with Gasteiger partial charge in [-0.1, -0.05) is 47.5 Å². The molecule has 0 spiro atoms. The first-order valence-corrected chi connectivity index (χ1v) is 11.1. The van der Waals surface area contributed by atoms with E-state index < -0.39 is 0 Å². The van der Waals surface area contributed by atoms with Crippen molar-refractivity contribution in [2.45, 2.75) is 13.0 Å². The van der Waals surface area contributed by atoms with Gasteiger partial charge in [0.05, 0.1) is 25.2 Å². The smallest absolute Gasteiger partial charge is 0.254 e. The van der Waals surface area contributed by atoms with Crippen molar-refractivity contribution >= 4 is 41.2 Å². The zero-order valence-electron chi connectivity index (χ0n) is 17.2. The number of nitrogens with zero attached hydrogens (tertiary/aromatic N) is 2. The average molecular weight is 471 g/mol. The molecule has 0 N–H and O–H groups in total. The Morgan fingerprint density at radius 2 is 1.81 bits per heavy atom. The lowest BCUT2D eigenvalue weighted by Crippen LogP contribution is -2.28. The molecular weight excluding hydrogens is 451 g/mol. The third-order valence-electron chi connectivity index (χ3n) is 6.38. The number of ether oxygens (including phenoxy) is 2. The number of hydrogen-bond acceptors (Lipinski definition) is 5. The summed E-state index contributed by atoms with van der Waals surface area (Å²) in [6, 6.07) is 10.5. The van der Waals surface area contributed by atoms with Gasteiger partial charge in [0.1, 0.15) is 6.61 Å². The average Bonchev–Trinajstić information content (AvgIpc) is 3.46. The molecule has 5 rings (SSSR count). The Kier molecular flexibility index (Phi) is 5.43. The highest BCUT2D eigenvalue weighted by molar-refractivity contribution is 6.35. The quantitative estimate of drug-likeness (QED) is 0.347. The summed E-state index contributed by atoms with van der Waals surface area (Å²) in [4.78, 5) is 25.7. The Morgan fingerprint density at radius 3 is 2.47 bits per heavy atom. The third kappa shape index (κ3) is 3.48. The summed E-state index contributed by atoms with van der Waals surface area (Å²) in [5.41, 5.74) is 1.33. The summed E-state index contributed by atoms with van der Waals surface area (Å²) < 4.78 is 11.4. The van der Waals surface area contributed by atoms with Gasteiger partial charge in [0.2, 0.25) is 0 Å². The van der Waals surface area contributed by atoms with E-state index in [4.69, 9.17) is 32.7 Å². The van der Waals surface area contributed by atoms with Crippen molar-refractivity contribution in [3.8, 4) is 11.5 Å². The SMILES string of the molecule is COc1cccc(C=NN2C(=O)[C@@H]3[C@H](C2=O)[C@H]2C=C[C@H]3C2)c1OCc1ccc(Cl)cc1Cl. The molecule has 0 radical (unpaired) electrons. The van der Waals surface area contributed by atoms with Crippen LogP contribution in [0.1, 0.15) is 17.5 Å². The first-order valence-electron chi connectivity index (χ1n) is 10.3. The minimum Gasteiger partial charge on any atom is -0.493 e. The number of benzene rings is 2. The van der Waals surface area contributed by atoms with Crippen LogP contribution >= 0.6 is 23.2 Å². The van der Waals surface area contributed by atoms with Gasteiger partial charge in [-0.2, -0.15) is 10.1 Å². The number of hydrogen-bond donors (Lipinski definition) is 0. The van der Waals surface area contributed by atoms with Gasteiger partial charge in [-0.25, -0.2) is 0 Å². The maximum atomic E-state index is 12.9. The molecule has 2 fully saturated rings. The van der Waals surface area contributed by atoms with E-state index in [9.17, 15) is 9.59 Å². The number of hydrazone groups is 1. The lowest BCUT2D eigenvalue weighted by atomic mass is 9.85. The van der Waals surface area contributed by atoms with Crippen LogP contribution in [-0.2, 0) is 16.2 Å². The molecule has 1 saturated carbocycles. The van der Waals surface area contributed by atoms with Crippen LogP contribution in [-0.4, -0.2) is 30.1 Å². The van der Waals surface area contributed by atoms with E-state index in [-0.39, 0.29) is 42.1 Å². The molecule has 0 aromatic heterocycles. The van der Waals surface area contributed by atoms with Crippen molar-refractivity contribution in [3.63, 3.8) is 0 Å². The molecule has 6 nitrogen and oxygen atoms in total. The molecule has 2 bridgehead atoms. The summed E-state index contributed by atoms with van der Waals surface area (Å²) in [5, 5.41) is 6.30. The number of allylic oxidation sites excluding steroid dienone is 2. The molecule has 2 aliphatic carbocycles. The topological polar surface area (TPSA) is 68.2 Å². The van der Waals surface area contributed by atoms with Gasteiger partial charge in [0.15, 0.2) is 11.5 Å². The first-order chi connectivity index (χ1) is 15.5. The highest BCUT2D eigenvalue weighted by atomic mass is 35.5. The predicted octanol–water partition coefficient (Wildman–Crippen LogP) is 4.72.